The molecule has 0 spiro atoms. The number of pyridine rings is 1. The highest BCUT2D eigenvalue weighted by molar-refractivity contribution is 5.54. The van der Waals surface area contributed by atoms with E-state index in [1.165, 1.54) is 0 Å². The van der Waals surface area contributed by atoms with Gasteiger partial charge in [-0.3, -0.25) is 0 Å². The lowest BCUT2D eigenvalue weighted by molar-refractivity contribution is 0.122. The number of hydrogen-bond donors (Lipinski definition) is 0. The first-order valence-electron chi connectivity index (χ1n) is 5.20. The average molecular weight is 203 g/mol. The maximum Gasteiger partial charge on any atom is 0.130 e. The van der Waals surface area contributed by atoms with E-state index >= 15 is 0 Å². The molecule has 0 aromatic carbocycles. The van der Waals surface area contributed by atoms with Gasteiger partial charge in [-0.15, -0.1) is 0 Å². The zero-order chi connectivity index (χ0) is 10.1. The lowest BCUT2D eigenvalue weighted by Gasteiger charge is -2.28. The van der Waals surface area contributed by atoms with Crippen LogP contribution in [0.2, 0.25) is 0 Å². The zero-order valence-corrected chi connectivity index (χ0v) is 8.47. The first kappa shape index (κ1) is 8.73. The van der Waals surface area contributed by atoms with Crippen molar-refractivity contribution in [2.45, 2.75) is 0 Å². The molecule has 4 heteroatoms. The Kier molecular flexibility index (Phi) is 2.07. The van der Waals surface area contributed by atoms with Crippen molar-refractivity contribution in [1.29, 1.82) is 0 Å². The van der Waals surface area contributed by atoms with Crippen LogP contribution in [0.5, 0.6) is 0 Å². The Morgan fingerprint density at radius 1 is 1.13 bits per heavy atom. The average Bonchev–Trinajstić information content (AvgIpc) is 2.78. The Hall–Kier alpha value is -1.55. The van der Waals surface area contributed by atoms with E-state index in [0.29, 0.717) is 0 Å². The minimum absolute atomic E-state index is 0.803. The summed E-state index contributed by atoms with van der Waals surface area (Å²) in [7, 11) is 0. The summed E-state index contributed by atoms with van der Waals surface area (Å²) in [6.45, 7) is 3.49. The van der Waals surface area contributed by atoms with Crippen molar-refractivity contribution in [3.8, 4) is 0 Å². The van der Waals surface area contributed by atoms with Crippen LogP contribution in [0.1, 0.15) is 0 Å². The van der Waals surface area contributed by atoms with Gasteiger partial charge in [0.2, 0.25) is 0 Å². The van der Waals surface area contributed by atoms with Crippen molar-refractivity contribution in [3.63, 3.8) is 0 Å². The van der Waals surface area contributed by atoms with Crippen molar-refractivity contribution in [2.75, 3.05) is 31.2 Å². The number of nitrogens with zero attached hydrogens (tertiary/aromatic N) is 3. The smallest absolute Gasteiger partial charge is 0.130 e. The van der Waals surface area contributed by atoms with E-state index in [2.05, 4.69) is 28.2 Å². The number of aromatic nitrogens is 2. The standard InChI is InChI=1S/C11H13N3O/c1-2-10-4-5-12-14(10)11(3-1)13-6-8-15-9-7-13/h1-5H,6-9H2. The number of fused-ring (bicyclic) bond motifs is 1. The van der Waals surface area contributed by atoms with Gasteiger partial charge < -0.3 is 9.64 Å². The molecular weight excluding hydrogens is 190 g/mol. The molecule has 0 amide bonds. The molecule has 78 valence electrons. The molecule has 0 bridgehead atoms. The van der Waals surface area contributed by atoms with Crippen molar-refractivity contribution in [2.24, 2.45) is 0 Å². The Bertz CT molecular complexity index is 460. The molecule has 0 radical (unpaired) electrons. The third kappa shape index (κ3) is 1.47. The highest BCUT2D eigenvalue weighted by Crippen LogP contribution is 2.17. The van der Waals surface area contributed by atoms with Gasteiger partial charge in [-0.05, 0) is 18.2 Å². The molecule has 0 saturated carbocycles. The van der Waals surface area contributed by atoms with Crippen LogP contribution in [-0.2, 0) is 4.74 Å². The van der Waals surface area contributed by atoms with Gasteiger partial charge >= 0.3 is 0 Å². The number of morpholine rings is 1. The molecular formula is C11H13N3O. The normalized spacial score (nSPS) is 17.2. The number of rotatable bonds is 1. The van der Waals surface area contributed by atoms with Crippen LogP contribution in [0.15, 0.2) is 30.5 Å². The highest BCUT2D eigenvalue weighted by atomic mass is 16.5. The second-order valence-electron chi connectivity index (χ2n) is 3.65. The van der Waals surface area contributed by atoms with E-state index in [1.54, 1.807) is 0 Å². The fourth-order valence-corrected chi connectivity index (χ4v) is 1.97. The fraction of sp³-hybridized carbons (Fsp3) is 0.364. The molecule has 3 rings (SSSR count). The first-order chi connectivity index (χ1) is 7.45. The van der Waals surface area contributed by atoms with Crippen molar-refractivity contribution in [1.82, 2.24) is 9.61 Å². The zero-order valence-electron chi connectivity index (χ0n) is 8.47. The largest absolute Gasteiger partial charge is 0.378 e. The van der Waals surface area contributed by atoms with Crippen LogP contribution < -0.4 is 4.90 Å². The van der Waals surface area contributed by atoms with Gasteiger partial charge in [0.25, 0.3) is 0 Å². The number of hydrogen-bond acceptors (Lipinski definition) is 3. The molecule has 2 aromatic rings. The third-order valence-corrected chi connectivity index (χ3v) is 2.74. The summed E-state index contributed by atoms with van der Waals surface area (Å²) in [5.41, 5.74) is 1.14. The van der Waals surface area contributed by atoms with Crippen molar-refractivity contribution < 1.29 is 4.74 Å². The summed E-state index contributed by atoms with van der Waals surface area (Å²) >= 11 is 0. The van der Waals surface area contributed by atoms with E-state index in [-0.39, 0.29) is 0 Å². The van der Waals surface area contributed by atoms with Crippen LogP contribution in [-0.4, -0.2) is 35.9 Å². The van der Waals surface area contributed by atoms with Crippen LogP contribution >= 0.6 is 0 Å². The molecule has 1 aliphatic rings. The fourth-order valence-electron chi connectivity index (χ4n) is 1.97. The molecule has 3 heterocycles. The summed E-state index contributed by atoms with van der Waals surface area (Å²) in [4.78, 5) is 2.31. The molecule has 0 atom stereocenters. The molecule has 2 aromatic heterocycles. The van der Waals surface area contributed by atoms with E-state index in [1.807, 2.05) is 16.8 Å². The van der Waals surface area contributed by atoms with Gasteiger partial charge in [-0.2, -0.15) is 5.10 Å². The van der Waals surface area contributed by atoms with Crippen molar-refractivity contribution >= 4 is 11.3 Å². The minimum Gasteiger partial charge on any atom is -0.378 e. The maximum absolute atomic E-state index is 5.34. The summed E-state index contributed by atoms with van der Waals surface area (Å²) in [5.74, 6) is 1.15. The van der Waals surface area contributed by atoms with Gasteiger partial charge in [0, 0.05) is 13.1 Å². The molecule has 4 nitrogen and oxygen atoms in total. The van der Waals surface area contributed by atoms with Crippen LogP contribution in [0.4, 0.5) is 5.82 Å². The minimum atomic E-state index is 0.803. The SMILES string of the molecule is c1cc(N2CCOCC2)n2nccc2c1. The van der Waals surface area contributed by atoms with E-state index in [0.717, 1.165) is 37.6 Å². The van der Waals surface area contributed by atoms with Gasteiger partial charge in [0.1, 0.15) is 5.82 Å². The molecule has 1 fully saturated rings. The molecule has 15 heavy (non-hydrogen) atoms. The Balaban J connectivity index is 2.05. The molecule has 1 saturated heterocycles. The van der Waals surface area contributed by atoms with Gasteiger partial charge in [0.05, 0.1) is 24.9 Å². The Morgan fingerprint density at radius 2 is 2.00 bits per heavy atom. The van der Waals surface area contributed by atoms with Crippen molar-refractivity contribution in [3.05, 3.63) is 30.5 Å². The Morgan fingerprint density at radius 3 is 2.87 bits per heavy atom. The second-order valence-corrected chi connectivity index (χ2v) is 3.65. The highest BCUT2D eigenvalue weighted by Gasteiger charge is 2.13. The Labute approximate surface area is 88.1 Å². The first-order valence-corrected chi connectivity index (χ1v) is 5.20. The van der Waals surface area contributed by atoms with E-state index in [9.17, 15) is 0 Å². The third-order valence-electron chi connectivity index (χ3n) is 2.74. The molecule has 0 N–H and O–H groups in total. The van der Waals surface area contributed by atoms with E-state index in [4.69, 9.17) is 4.74 Å². The van der Waals surface area contributed by atoms with Gasteiger partial charge in [0.15, 0.2) is 0 Å². The summed E-state index contributed by atoms with van der Waals surface area (Å²) in [6.07, 6.45) is 1.83. The summed E-state index contributed by atoms with van der Waals surface area (Å²) in [6, 6.07) is 8.26. The molecule has 0 unspecified atom stereocenters. The second kappa shape index (κ2) is 3.55. The van der Waals surface area contributed by atoms with E-state index < -0.39 is 0 Å². The predicted octanol–water partition coefficient (Wildman–Crippen LogP) is 1.17. The number of ether oxygens (including phenoxy) is 1. The lowest BCUT2D eigenvalue weighted by atomic mass is 10.3. The van der Waals surface area contributed by atoms with Crippen LogP contribution in [0.25, 0.3) is 5.52 Å². The van der Waals surface area contributed by atoms with Crippen LogP contribution in [0, 0.1) is 0 Å². The quantitative estimate of drug-likeness (QED) is 0.697. The lowest BCUT2D eigenvalue weighted by Crippen LogP contribution is -2.37. The monoisotopic (exact) mass is 203 g/mol. The topological polar surface area (TPSA) is 29.8 Å². The van der Waals surface area contributed by atoms with Gasteiger partial charge in [-0.1, -0.05) is 6.07 Å². The predicted molar refractivity (Wildman–Crippen MR) is 58.2 cm³/mol. The summed E-state index contributed by atoms with van der Waals surface area (Å²) < 4.78 is 7.32. The van der Waals surface area contributed by atoms with Crippen LogP contribution in [0.3, 0.4) is 0 Å². The maximum atomic E-state index is 5.34. The van der Waals surface area contributed by atoms with Gasteiger partial charge in [-0.25, -0.2) is 4.52 Å². The summed E-state index contributed by atoms with van der Waals surface area (Å²) in [5, 5.41) is 4.33. The molecule has 0 aliphatic carbocycles. The molecule has 1 aliphatic heterocycles. The number of anilines is 1.